The number of anilines is 1. The number of nitrogens with one attached hydrogen (secondary N) is 1. The number of fused-ring (bicyclic) bond motifs is 1. The molecule has 1 amide bonds. The predicted molar refractivity (Wildman–Crippen MR) is 144 cm³/mol. The molecule has 5 nitrogen and oxygen atoms in total. The van der Waals surface area contributed by atoms with Crippen molar-refractivity contribution in [3.05, 3.63) is 142 Å². The van der Waals surface area contributed by atoms with E-state index in [1.807, 2.05) is 109 Å². The average Bonchev–Trinajstić information content (AvgIpc) is 2.92. The minimum absolute atomic E-state index is 0.207. The number of para-hydroxylation sites is 1. The summed E-state index contributed by atoms with van der Waals surface area (Å²) in [5.74, 6) is -0.639. The summed E-state index contributed by atoms with van der Waals surface area (Å²) in [4.78, 5) is 13.8. The summed E-state index contributed by atoms with van der Waals surface area (Å²) in [7, 11) is -4.13. The van der Waals surface area contributed by atoms with Crippen LogP contribution in [0.25, 0.3) is 5.57 Å². The van der Waals surface area contributed by atoms with Crippen LogP contribution in [0, 0.1) is 0 Å². The summed E-state index contributed by atoms with van der Waals surface area (Å²) >= 11 is 0. The van der Waals surface area contributed by atoms with Crippen LogP contribution in [0.1, 0.15) is 35.2 Å². The van der Waals surface area contributed by atoms with Gasteiger partial charge < -0.3 is 5.32 Å². The lowest BCUT2D eigenvalue weighted by Gasteiger charge is -2.33. The zero-order valence-corrected chi connectivity index (χ0v) is 20.7. The summed E-state index contributed by atoms with van der Waals surface area (Å²) in [6, 6.07) is 35.1. The van der Waals surface area contributed by atoms with Crippen molar-refractivity contribution in [1.82, 2.24) is 5.32 Å². The van der Waals surface area contributed by atoms with Gasteiger partial charge in [-0.05, 0) is 29.7 Å². The third-order valence-electron chi connectivity index (χ3n) is 6.31. The fraction of sp³-hybridized carbons (Fsp3) is 0.100. The molecule has 0 saturated heterocycles. The van der Waals surface area contributed by atoms with Gasteiger partial charge in [0.05, 0.1) is 11.7 Å². The van der Waals surface area contributed by atoms with E-state index in [0.29, 0.717) is 22.4 Å². The monoisotopic (exact) mass is 494 g/mol. The standard InChI is InChI=1S/C30H26N2O3S/c1-2-32-26-21-13-12-20-25(26)27(22-14-6-3-7-15-22)29(36(32,34)35)30(33)31-28(23-16-8-4-9-17-23)24-18-10-5-11-19-24/h3-21,28H,2H2,1H3,(H,31,33). The highest BCUT2D eigenvalue weighted by Crippen LogP contribution is 2.42. The van der Waals surface area contributed by atoms with Crippen LogP contribution in [0.4, 0.5) is 5.69 Å². The van der Waals surface area contributed by atoms with Crippen LogP contribution in [-0.4, -0.2) is 20.9 Å². The molecule has 180 valence electrons. The molecule has 0 unspecified atom stereocenters. The van der Waals surface area contributed by atoms with Gasteiger partial charge in [-0.25, -0.2) is 8.42 Å². The molecule has 0 atom stereocenters. The molecule has 36 heavy (non-hydrogen) atoms. The van der Waals surface area contributed by atoms with Gasteiger partial charge in [-0.3, -0.25) is 9.10 Å². The maximum Gasteiger partial charge on any atom is 0.270 e. The molecule has 6 heteroatoms. The van der Waals surface area contributed by atoms with E-state index < -0.39 is 22.0 Å². The average molecular weight is 495 g/mol. The zero-order valence-electron chi connectivity index (χ0n) is 19.8. The normalized spacial score (nSPS) is 14.4. The van der Waals surface area contributed by atoms with Gasteiger partial charge in [-0.1, -0.05) is 109 Å². The molecule has 5 rings (SSSR count). The van der Waals surface area contributed by atoms with E-state index in [9.17, 15) is 13.2 Å². The third-order valence-corrected chi connectivity index (χ3v) is 8.25. The van der Waals surface area contributed by atoms with Crippen LogP contribution < -0.4 is 9.62 Å². The fourth-order valence-electron chi connectivity index (χ4n) is 4.70. The lowest BCUT2D eigenvalue weighted by molar-refractivity contribution is -0.117. The van der Waals surface area contributed by atoms with Crippen molar-refractivity contribution >= 4 is 27.2 Å². The second-order valence-corrected chi connectivity index (χ2v) is 10.3. The van der Waals surface area contributed by atoms with Crippen molar-refractivity contribution in [2.45, 2.75) is 13.0 Å². The molecule has 0 saturated carbocycles. The van der Waals surface area contributed by atoms with E-state index in [-0.39, 0.29) is 11.4 Å². The maximum atomic E-state index is 14.1. The Balaban J connectivity index is 1.72. The summed E-state index contributed by atoms with van der Waals surface area (Å²) in [5.41, 5.74) is 4.08. The number of carbonyl (C=O) groups excluding carboxylic acids is 1. The molecule has 1 aliphatic heterocycles. The van der Waals surface area contributed by atoms with Crippen LogP contribution in [-0.2, 0) is 14.8 Å². The van der Waals surface area contributed by atoms with E-state index in [2.05, 4.69) is 5.32 Å². The maximum absolute atomic E-state index is 14.1. The smallest absolute Gasteiger partial charge is 0.270 e. The van der Waals surface area contributed by atoms with Crippen LogP contribution >= 0.6 is 0 Å². The van der Waals surface area contributed by atoms with Gasteiger partial charge in [0.25, 0.3) is 15.9 Å². The van der Waals surface area contributed by atoms with E-state index >= 15 is 0 Å². The minimum atomic E-state index is -4.13. The van der Waals surface area contributed by atoms with E-state index in [1.54, 1.807) is 13.0 Å². The summed E-state index contributed by atoms with van der Waals surface area (Å²) in [5, 5.41) is 3.05. The Bertz CT molecular complexity index is 1480. The summed E-state index contributed by atoms with van der Waals surface area (Å²) in [6.07, 6.45) is 0. The highest BCUT2D eigenvalue weighted by Gasteiger charge is 2.41. The Kier molecular flexibility index (Phi) is 6.44. The predicted octanol–water partition coefficient (Wildman–Crippen LogP) is 5.52. The number of benzene rings is 4. The van der Waals surface area contributed by atoms with E-state index in [1.165, 1.54) is 4.31 Å². The second-order valence-electron chi connectivity index (χ2n) is 8.48. The molecule has 0 aromatic heterocycles. The fourth-order valence-corrected chi connectivity index (χ4v) is 6.46. The molecule has 0 radical (unpaired) electrons. The number of carbonyl (C=O) groups is 1. The summed E-state index contributed by atoms with van der Waals surface area (Å²) < 4.78 is 29.3. The Hall–Kier alpha value is -4.16. The first kappa shape index (κ1) is 23.6. The largest absolute Gasteiger partial charge is 0.340 e. The Morgan fingerprint density at radius 1 is 0.750 bits per heavy atom. The topological polar surface area (TPSA) is 66.5 Å². The number of amides is 1. The van der Waals surface area contributed by atoms with Crippen molar-refractivity contribution in [3.63, 3.8) is 0 Å². The van der Waals surface area contributed by atoms with Gasteiger partial charge in [-0.2, -0.15) is 0 Å². The summed E-state index contributed by atoms with van der Waals surface area (Å²) in [6.45, 7) is 1.98. The molecule has 4 aromatic rings. The molecule has 4 aromatic carbocycles. The molecule has 1 N–H and O–H groups in total. The van der Waals surface area contributed by atoms with Gasteiger partial charge >= 0.3 is 0 Å². The lowest BCUT2D eigenvalue weighted by Crippen LogP contribution is -2.42. The molecular weight excluding hydrogens is 468 g/mol. The Labute approximate surface area is 211 Å². The van der Waals surface area contributed by atoms with Crippen molar-refractivity contribution in [1.29, 1.82) is 0 Å². The van der Waals surface area contributed by atoms with Crippen molar-refractivity contribution in [2.75, 3.05) is 10.8 Å². The molecule has 0 bridgehead atoms. The van der Waals surface area contributed by atoms with E-state index in [4.69, 9.17) is 0 Å². The zero-order chi connectivity index (χ0) is 25.1. The van der Waals surface area contributed by atoms with Gasteiger partial charge in [0.1, 0.15) is 0 Å². The first-order valence-electron chi connectivity index (χ1n) is 11.8. The van der Waals surface area contributed by atoms with Gasteiger partial charge in [-0.15, -0.1) is 0 Å². The van der Waals surface area contributed by atoms with Crippen LogP contribution in [0.5, 0.6) is 0 Å². The van der Waals surface area contributed by atoms with Crippen molar-refractivity contribution in [3.8, 4) is 0 Å². The van der Waals surface area contributed by atoms with Gasteiger partial charge in [0, 0.05) is 17.7 Å². The molecular formula is C30H26N2O3S. The molecule has 0 fully saturated rings. The van der Waals surface area contributed by atoms with Crippen molar-refractivity contribution in [2.24, 2.45) is 0 Å². The van der Waals surface area contributed by atoms with Crippen LogP contribution in [0.3, 0.4) is 0 Å². The van der Waals surface area contributed by atoms with Crippen LogP contribution in [0.15, 0.2) is 120 Å². The number of sulfonamides is 1. The quantitative estimate of drug-likeness (QED) is 0.384. The number of rotatable bonds is 6. The molecule has 1 aliphatic rings. The first-order valence-corrected chi connectivity index (χ1v) is 13.3. The van der Waals surface area contributed by atoms with Gasteiger partial charge in [0.15, 0.2) is 4.91 Å². The second kappa shape index (κ2) is 9.84. The SMILES string of the molecule is CCN1c2ccccc2C(c2ccccc2)=C(C(=O)NC(c2ccccc2)c2ccccc2)S1(=O)=O. The van der Waals surface area contributed by atoms with Crippen LogP contribution in [0.2, 0.25) is 0 Å². The number of nitrogens with zero attached hydrogens (tertiary/aromatic N) is 1. The lowest BCUT2D eigenvalue weighted by atomic mass is 9.94. The number of hydrogen-bond donors (Lipinski definition) is 1. The third kappa shape index (κ3) is 4.20. The molecule has 0 spiro atoms. The number of hydrogen-bond acceptors (Lipinski definition) is 3. The molecule has 0 aliphatic carbocycles. The molecule has 1 heterocycles. The minimum Gasteiger partial charge on any atom is -0.340 e. The first-order chi connectivity index (χ1) is 17.5. The highest BCUT2D eigenvalue weighted by atomic mass is 32.2. The van der Waals surface area contributed by atoms with Gasteiger partial charge in [0.2, 0.25) is 0 Å². The Morgan fingerprint density at radius 3 is 1.81 bits per heavy atom. The highest BCUT2D eigenvalue weighted by molar-refractivity contribution is 7.97. The van der Waals surface area contributed by atoms with E-state index in [0.717, 1.165) is 11.1 Å². The Morgan fingerprint density at radius 2 is 1.25 bits per heavy atom. The van der Waals surface area contributed by atoms with Crippen molar-refractivity contribution < 1.29 is 13.2 Å².